The molecule has 3 aliphatic rings. The molecule has 0 spiro atoms. The molecule has 4 rings (SSSR count). The van der Waals surface area contributed by atoms with Crippen LogP contribution >= 0.6 is 0 Å². The van der Waals surface area contributed by atoms with Gasteiger partial charge in [-0.3, -0.25) is 4.90 Å². The molecular formula is C17H24N2. The van der Waals surface area contributed by atoms with Crippen LogP contribution < -0.4 is 5.73 Å². The quantitative estimate of drug-likeness (QED) is 0.897. The molecule has 1 aromatic carbocycles. The number of nitrogens with zero attached hydrogens (tertiary/aromatic N) is 1. The van der Waals surface area contributed by atoms with Crippen LogP contribution in [0.3, 0.4) is 0 Å². The van der Waals surface area contributed by atoms with Crippen LogP contribution in [0.5, 0.6) is 0 Å². The van der Waals surface area contributed by atoms with E-state index in [0.717, 1.165) is 24.4 Å². The minimum atomic E-state index is 0.453. The Kier molecular flexibility index (Phi) is 2.89. The molecule has 1 aromatic rings. The zero-order valence-electron chi connectivity index (χ0n) is 11.6. The van der Waals surface area contributed by atoms with Gasteiger partial charge < -0.3 is 5.73 Å². The fourth-order valence-corrected chi connectivity index (χ4v) is 4.24. The Balaban J connectivity index is 1.59. The summed E-state index contributed by atoms with van der Waals surface area (Å²) in [5.41, 5.74) is 9.12. The van der Waals surface area contributed by atoms with Crippen molar-refractivity contribution in [1.29, 1.82) is 0 Å². The van der Waals surface area contributed by atoms with Crippen molar-refractivity contribution in [3.05, 3.63) is 35.4 Å². The van der Waals surface area contributed by atoms with Crippen LogP contribution in [0.4, 0.5) is 0 Å². The normalized spacial score (nSPS) is 31.8. The SMILES string of the molecule is NCC(c1cccc(C2CC2)c1)N1CC2CCC1C2. The molecule has 102 valence electrons. The second kappa shape index (κ2) is 4.60. The number of benzene rings is 1. The van der Waals surface area contributed by atoms with Crippen molar-refractivity contribution in [2.45, 2.75) is 50.1 Å². The molecule has 2 N–H and O–H groups in total. The number of hydrogen-bond donors (Lipinski definition) is 1. The molecule has 2 heteroatoms. The summed E-state index contributed by atoms with van der Waals surface area (Å²) >= 11 is 0. The largest absolute Gasteiger partial charge is 0.329 e. The lowest BCUT2D eigenvalue weighted by Crippen LogP contribution is -2.39. The van der Waals surface area contributed by atoms with Gasteiger partial charge in [0, 0.05) is 25.2 Å². The van der Waals surface area contributed by atoms with Crippen LogP contribution in [0, 0.1) is 5.92 Å². The van der Waals surface area contributed by atoms with Crippen molar-refractivity contribution in [1.82, 2.24) is 4.90 Å². The third-order valence-electron chi connectivity index (χ3n) is 5.42. The maximum atomic E-state index is 6.12. The van der Waals surface area contributed by atoms with E-state index in [9.17, 15) is 0 Å². The van der Waals surface area contributed by atoms with Crippen LogP contribution in [-0.4, -0.2) is 24.0 Å². The van der Waals surface area contributed by atoms with Crippen LogP contribution in [-0.2, 0) is 0 Å². The monoisotopic (exact) mass is 256 g/mol. The summed E-state index contributed by atoms with van der Waals surface area (Å²) in [5.74, 6) is 1.79. The highest BCUT2D eigenvalue weighted by atomic mass is 15.2. The van der Waals surface area contributed by atoms with Crippen molar-refractivity contribution < 1.29 is 0 Å². The Morgan fingerprint density at radius 1 is 1.21 bits per heavy atom. The highest BCUT2D eigenvalue weighted by Gasteiger charge is 2.41. The van der Waals surface area contributed by atoms with E-state index in [-0.39, 0.29) is 0 Å². The summed E-state index contributed by atoms with van der Waals surface area (Å²) < 4.78 is 0. The average molecular weight is 256 g/mol. The van der Waals surface area contributed by atoms with Gasteiger partial charge in [0.1, 0.15) is 0 Å². The van der Waals surface area contributed by atoms with Crippen LogP contribution in [0.2, 0.25) is 0 Å². The van der Waals surface area contributed by atoms with Gasteiger partial charge in [0.05, 0.1) is 0 Å². The highest BCUT2D eigenvalue weighted by Crippen LogP contribution is 2.43. The number of nitrogens with two attached hydrogens (primary N) is 1. The van der Waals surface area contributed by atoms with E-state index in [2.05, 4.69) is 29.2 Å². The maximum absolute atomic E-state index is 6.12. The zero-order valence-corrected chi connectivity index (χ0v) is 11.6. The number of likely N-dealkylation sites (tertiary alicyclic amines) is 1. The average Bonchev–Trinajstić information content (AvgIpc) is 3.10. The molecule has 1 aliphatic heterocycles. The van der Waals surface area contributed by atoms with E-state index in [0.29, 0.717) is 6.04 Å². The topological polar surface area (TPSA) is 29.3 Å². The van der Waals surface area contributed by atoms with E-state index < -0.39 is 0 Å². The number of rotatable bonds is 4. The van der Waals surface area contributed by atoms with E-state index in [1.54, 1.807) is 5.56 Å². The van der Waals surface area contributed by atoms with Crippen molar-refractivity contribution in [2.75, 3.05) is 13.1 Å². The van der Waals surface area contributed by atoms with Crippen LogP contribution in [0.15, 0.2) is 24.3 Å². The highest BCUT2D eigenvalue weighted by molar-refractivity contribution is 5.31. The molecule has 2 nitrogen and oxygen atoms in total. The first-order valence-corrected chi connectivity index (χ1v) is 7.91. The summed E-state index contributed by atoms with van der Waals surface area (Å²) in [6.07, 6.45) is 7.01. The number of piperidine rings is 1. The van der Waals surface area contributed by atoms with Gasteiger partial charge >= 0.3 is 0 Å². The standard InChI is InChI=1S/C17H24N2/c18-10-17(19-11-12-4-7-16(19)8-12)15-3-1-2-14(9-15)13-5-6-13/h1-3,9,12-13,16-17H,4-8,10-11,18H2. The van der Waals surface area contributed by atoms with Gasteiger partial charge in [-0.1, -0.05) is 24.3 Å². The Morgan fingerprint density at radius 3 is 2.74 bits per heavy atom. The minimum Gasteiger partial charge on any atom is -0.329 e. The molecule has 2 bridgehead atoms. The second-order valence-electron chi connectivity index (χ2n) is 6.73. The van der Waals surface area contributed by atoms with Gasteiger partial charge in [-0.15, -0.1) is 0 Å². The maximum Gasteiger partial charge on any atom is 0.0473 e. The van der Waals surface area contributed by atoms with Crippen molar-refractivity contribution in [3.63, 3.8) is 0 Å². The van der Waals surface area contributed by atoms with Crippen LogP contribution in [0.25, 0.3) is 0 Å². The van der Waals surface area contributed by atoms with E-state index in [4.69, 9.17) is 5.73 Å². The predicted octanol–water partition coefficient (Wildman–Crippen LogP) is 3.05. The van der Waals surface area contributed by atoms with Gasteiger partial charge in [-0.2, -0.15) is 0 Å². The summed E-state index contributed by atoms with van der Waals surface area (Å²) in [5, 5.41) is 0. The fourth-order valence-electron chi connectivity index (χ4n) is 4.24. The Morgan fingerprint density at radius 2 is 2.11 bits per heavy atom. The molecular weight excluding hydrogens is 232 g/mol. The summed E-state index contributed by atoms with van der Waals surface area (Å²) in [6, 6.07) is 10.5. The van der Waals surface area contributed by atoms with Crippen molar-refractivity contribution >= 4 is 0 Å². The molecule has 19 heavy (non-hydrogen) atoms. The van der Waals surface area contributed by atoms with E-state index in [1.165, 1.54) is 44.2 Å². The third-order valence-corrected chi connectivity index (χ3v) is 5.42. The van der Waals surface area contributed by atoms with E-state index in [1.807, 2.05) is 0 Å². The molecule has 0 radical (unpaired) electrons. The summed E-state index contributed by atoms with van der Waals surface area (Å²) in [6.45, 7) is 2.04. The first-order valence-electron chi connectivity index (χ1n) is 7.91. The molecule has 2 saturated carbocycles. The smallest absolute Gasteiger partial charge is 0.0473 e. The van der Waals surface area contributed by atoms with Gasteiger partial charge in [-0.25, -0.2) is 0 Å². The van der Waals surface area contributed by atoms with Crippen molar-refractivity contribution in [3.8, 4) is 0 Å². The Hall–Kier alpha value is -0.860. The van der Waals surface area contributed by atoms with Gasteiger partial charge in [-0.05, 0) is 55.1 Å². The van der Waals surface area contributed by atoms with Gasteiger partial charge in [0.25, 0.3) is 0 Å². The van der Waals surface area contributed by atoms with Gasteiger partial charge in [0.15, 0.2) is 0 Å². The summed E-state index contributed by atoms with van der Waals surface area (Å²) in [4.78, 5) is 2.69. The number of hydrogen-bond acceptors (Lipinski definition) is 2. The molecule has 0 amide bonds. The third kappa shape index (κ3) is 2.11. The lowest BCUT2D eigenvalue weighted by atomic mass is 9.98. The van der Waals surface area contributed by atoms with Crippen molar-refractivity contribution in [2.24, 2.45) is 11.7 Å². The first kappa shape index (κ1) is 11.9. The molecule has 0 aromatic heterocycles. The number of fused-ring (bicyclic) bond motifs is 2. The fraction of sp³-hybridized carbons (Fsp3) is 0.647. The summed E-state index contributed by atoms with van der Waals surface area (Å²) in [7, 11) is 0. The molecule has 1 heterocycles. The van der Waals surface area contributed by atoms with E-state index >= 15 is 0 Å². The first-order chi connectivity index (χ1) is 9.35. The molecule has 3 unspecified atom stereocenters. The zero-order chi connectivity index (χ0) is 12.8. The lowest BCUT2D eigenvalue weighted by Gasteiger charge is -2.34. The Labute approximate surface area is 116 Å². The lowest BCUT2D eigenvalue weighted by molar-refractivity contribution is 0.153. The second-order valence-corrected chi connectivity index (χ2v) is 6.73. The molecule has 3 atom stereocenters. The molecule has 2 aliphatic carbocycles. The van der Waals surface area contributed by atoms with Crippen LogP contribution in [0.1, 0.15) is 55.2 Å². The minimum absolute atomic E-state index is 0.453. The van der Waals surface area contributed by atoms with Gasteiger partial charge in [0.2, 0.25) is 0 Å². The predicted molar refractivity (Wildman–Crippen MR) is 78.0 cm³/mol. The molecule has 1 saturated heterocycles. The Bertz CT molecular complexity index is 466. The molecule has 3 fully saturated rings.